The Morgan fingerprint density at radius 3 is 3.00 bits per heavy atom. The van der Waals surface area contributed by atoms with Crippen LogP contribution in [0.15, 0.2) is 30.6 Å². The van der Waals surface area contributed by atoms with Gasteiger partial charge in [0.25, 0.3) is 0 Å². The summed E-state index contributed by atoms with van der Waals surface area (Å²) >= 11 is 5.80. The highest BCUT2D eigenvalue weighted by Gasteiger charge is 2.20. The van der Waals surface area contributed by atoms with Crippen LogP contribution in [0.2, 0.25) is 5.02 Å². The molecule has 0 bridgehead atoms. The zero-order chi connectivity index (χ0) is 13.8. The van der Waals surface area contributed by atoms with Crippen LogP contribution in [0.3, 0.4) is 0 Å². The fourth-order valence-corrected chi connectivity index (χ4v) is 1.87. The summed E-state index contributed by atoms with van der Waals surface area (Å²) in [6.45, 7) is 2.80. The first kappa shape index (κ1) is 13.4. The molecule has 1 aromatic carbocycles. The molecule has 0 aliphatic heterocycles. The summed E-state index contributed by atoms with van der Waals surface area (Å²) in [5, 5.41) is 15.1. The van der Waals surface area contributed by atoms with Crippen molar-refractivity contribution >= 4 is 17.3 Å². The molecule has 6 nitrogen and oxygen atoms in total. The molecule has 0 spiro atoms. The van der Waals surface area contributed by atoms with Gasteiger partial charge in [-0.1, -0.05) is 24.6 Å². The smallest absolute Gasteiger partial charge is 0.329 e. The summed E-state index contributed by atoms with van der Waals surface area (Å²) in [7, 11) is 0. The number of rotatable bonds is 5. The summed E-state index contributed by atoms with van der Waals surface area (Å²) in [6.07, 6.45) is 4.15. The van der Waals surface area contributed by atoms with Crippen LogP contribution in [0.25, 0.3) is 0 Å². The van der Waals surface area contributed by atoms with Crippen LogP contribution in [0, 0.1) is 10.1 Å². The molecule has 0 N–H and O–H groups in total. The van der Waals surface area contributed by atoms with Gasteiger partial charge in [-0.25, -0.2) is 0 Å². The van der Waals surface area contributed by atoms with Gasteiger partial charge in [0.1, 0.15) is 5.02 Å². The van der Waals surface area contributed by atoms with E-state index in [2.05, 4.69) is 5.10 Å². The molecule has 7 heteroatoms. The lowest BCUT2D eigenvalue weighted by atomic mass is 10.3. The number of hydrogen-bond acceptors (Lipinski definition) is 4. The van der Waals surface area contributed by atoms with E-state index in [1.807, 2.05) is 6.92 Å². The average Bonchev–Trinajstić information content (AvgIpc) is 2.76. The largest absolute Gasteiger partial charge is 0.447 e. The topological polar surface area (TPSA) is 70.2 Å². The van der Waals surface area contributed by atoms with Crippen LogP contribution in [-0.4, -0.2) is 14.7 Å². The maximum absolute atomic E-state index is 11.0. The number of nitro benzene ring substituents is 1. The number of ether oxygens (including phenoxy) is 1. The predicted molar refractivity (Wildman–Crippen MR) is 70.7 cm³/mol. The molecular weight excluding hydrogens is 270 g/mol. The molecule has 100 valence electrons. The van der Waals surface area contributed by atoms with Gasteiger partial charge in [0.15, 0.2) is 5.75 Å². The minimum atomic E-state index is -0.561. The van der Waals surface area contributed by atoms with Crippen LogP contribution in [0.5, 0.6) is 11.5 Å². The van der Waals surface area contributed by atoms with Crippen molar-refractivity contribution in [2.75, 3.05) is 0 Å². The first-order chi connectivity index (χ1) is 9.11. The number of nitrogens with zero attached hydrogens (tertiary/aromatic N) is 3. The molecule has 0 aliphatic rings. The number of nitro groups is 1. The van der Waals surface area contributed by atoms with E-state index in [4.69, 9.17) is 16.3 Å². The molecule has 1 aromatic heterocycles. The van der Waals surface area contributed by atoms with Crippen molar-refractivity contribution in [3.63, 3.8) is 0 Å². The SMILES string of the molecule is CCCn1cc(Oc2cccc(Cl)c2[N+](=O)[O-])cn1. The third kappa shape index (κ3) is 3.03. The Morgan fingerprint density at radius 2 is 2.32 bits per heavy atom. The van der Waals surface area contributed by atoms with E-state index >= 15 is 0 Å². The molecule has 0 fully saturated rings. The van der Waals surface area contributed by atoms with Crippen molar-refractivity contribution in [2.24, 2.45) is 0 Å². The fraction of sp³-hybridized carbons (Fsp3) is 0.250. The van der Waals surface area contributed by atoms with E-state index in [9.17, 15) is 10.1 Å². The van der Waals surface area contributed by atoms with E-state index < -0.39 is 4.92 Å². The normalized spacial score (nSPS) is 10.4. The van der Waals surface area contributed by atoms with E-state index in [0.29, 0.717) is 5.75 Å². The van der Waals surface area contributed by atoms with Gasteiger partial charge < -0.3 is 4.74 Å². The number of aromatic nitrogens is 2. The minimum Gasteiger partial charge on any atom is -0.447 e. The molecule has 0 atom stereocenters. The second-order valence-electron chi connectivity index (χ2n) is 3.88. The van der Waals surface area contributed by atoms with Crippen molar-refractivity contribution < 1.29 is 9.66 Å². The molecule has 2 aromatic rings. The van der Waals surface area contributed by atoms with Crippen molar-refractivity contribution in [3.05, 3.63) is 45.7 Å². The highest BCUT2D eigenvalue weighted by Crippen LogP contribution is 2.36. The number of aryl methyl sites for hydroxylation is 1. The first-order valence-corrected chi connectivity index (χ1v) is 6.13. The highest BCUT2D eigenvalue weighted by molar-refractivity contribution is 6.32. The zero-order valence-electron chi connectivity index (χ0n) is 10.2. The Labute approximate surface area is 114 Å². The fourth-order valence-electron chi connectivity index (χ4n) is 1.63. The molecule has 0 saturated heterocycles. The van der Waals surface area contributed by atoms with Gasteiger partial charge in [0.05, 0.1) is 17.3 Å². The molecule has 0 saturated carbocycles. The predicted octanol–water partition coefficient (Wildman–Crippen LogP) is 3.65. The Balaban J connectivity index is 2.27. The van der Waals surface area contributed by atoms with E-state index in [1.54, 1.807) is 16.9 Å². The maximum atomic E-state index is 11.0. The average molecular weight is 282 g/mol. The molecule has 2 rings (SSSR count). The molecular formula is C12H12ClN3O3. The van der Waals surface area contributed by atoms with Gasteiger partial charge in [-0.05, 0) is 18.6 Å². The van der Waals surface area contributed by atoms with Crippen LogP contribution >= 0.6 is 11.6 Å². The standard InChI is InChI=1S/C12H12ClN3O3/c1-2-6-15-8-9(7-14-15)19-11-5-3-4-10(13)12(11)16(17)18/h3-5,7-8H,2,6H2,1H3. The number of hydrogen-bond donors (Lipinski definition) is 0. The molecule has 0 radical (unpaired) electrons. The Kier molecular flexibility index (Phi) is 4.01. The van der Waals surface area contributed by atoms with Crippen molar-refractivity contribution in [3.8, 4) is 11.5 Å². The van der Waals surface area contributed by atoms with Crippen molar-refractivity contribution in [1.29, 1.82) is 0 Å². The summed E-state index contributed by atoms with van der Waals surface area (Å²) in [5.74, 6) is 0.548. The lowest BCUT2D eigenvalue weighted by Crippen LogP contribution is -1.96. The summed E-state index contributed by atoms with van der Waals surface area (Å²) in [4.78, 5) is 10.4. The van der Waals surface area contributed by atoms with Gasteiger partial charge in [-0.15, -0.1) is 0 Å². The lowest BCUT2D eigenvalue weighted by Gasteiger charge is -2.04. The maximum Gasteiger partial charge on any atom is 0.329 e. The van der Waals surface area contributed by atoms with Crippen molar-refractivity contribution in [2.45, 2.75) is 19.9 Å². The molecule has 0 unspecified atom stereocenters. The molecule has 19 heavy (non-hydrogen) atoms. The van der Waals surface area contributed by atoms with E-state index in [-0.39, 0.29) is 16.5 Å². The minimum absolute atomic E-state index is 0.0449. The van der Waals surface area contributed by atoms with Gasteiger partial charge in [0, 0.05) is 6.54 Å². The number of halogens is 1. The Hall–Kier alpha value is -2.08. The van der Waals surface area contributed by atoms with Gasteiger partial charge in [0.2, 0.25) is 5.75 Å². The van der Waals surface area contributed by atoms with Crippen LogP contribution < -0.4 is 4.74 Å². The lowest BCUT2D eigenvalue weighted by molar-refractivity contribution is -0.385. The first-order valence-electron chi connectivity index (χ1n) is 5.75. The molecule has 0 aliphatic carbocycles. The van der Waals surface area contributed by atoms with E-state index in [0.717, 1.165) is 13.0 Å². The Morgan fingerprint density at radius 1 is 1.53 bits per heavy atom. The monoisotopic (exact) mass is 281 g/mol. The molecule has 0 amide bonds. The number of benzene rings is 1. The highest BCUT2D eigenvalue weighted by atomic mass is 35.5. The van der Waals surface area contributed by atoms with Crippen LogP contribution in [0.4, 0.5) is 5.69 Å². The van der Waals surface area contributed by atoms with Crippen LogP contribution in [0.1, 0.15) is 13.3 Å². The third-order valence-corrected chi connectivity index (χ3v) is 2.73. The molecule has 1 heterocycles. The van der Waals surface area contributed by atoms with Crippen LogP contribution in [-0.2, 0) is 6.54 Å². The van der Waals surface area contributed by atoms with E-state index in [1.165, 1.54) is 18.3 Å². The number of para-hydroxylation sites is 1. The third-order valence-electron chi connectivity index (χ3n) is 2.42. The second kappa shape index (κ2) is 5.71. The van der Waals surface area contributed by atoms with Crippen molar-refractivity contribution in [1.82, 2.24) is 9.78 Å². The summed E-state index contributed by atoms with van der Waals surface area (Å²) in [6, 6.07) is 4.55. The van der Waals surface area contributed by atoms with Gasteiger partial charge >= 0.3 is 5.69 Å². The van der Waals surface area contributed by atoms with Gasteiger partial charge in [-0.3, -0.25) is 14.8 Å². The summed E-state index contributed by atoms with van der Waals surface area (Å²) < 4.78 is 7.18. The zero-order valence-corrected chi connectivity index (χ0v) is 11.0. The Bertz CT molecular complexity index is 598. The summed E-state index contributed by atoms with van der Waals surface area (Å²) in [5.41, 5.74) is -0.243. The second-order valence-corrected chi connectivity index (χ2v) is 4.29. The van der Waals surface area contributed by atoms with Gasteiger partial charge in [-0.2, -0.15) is 5.10 Å². The quantitative estimate of drug-likeness (QED) is 0.619.